The lowest BCUT2D eigenvalue weighted by atomic mass is 9.84. The van der Waals surface area contributed by atoms with Crippen molar-refractivity contribution in [3.63, 3.8) is 0 Å². The maximum absolute atomic E-state index is 12.6. The van der Waals surface area contributed by atoms with Crippen LogP contribution in [-0.2, 0) is 18.4 Å². The van der Waals surface area contributed by atoms with Crippen molar-refractivity contribution in [2.24, 2.45) is 0 Å². The molecule has 0 unspecified atom stereocenters. The Morgan fingerprint density at radius 2 is 2.00 bits per heavy atom. The molecule has 3 N–H and O–H groups in total. The first-order chi connectivity index (χ1) is 12.5. The van der Waals surface area contributed by atoms with Crippen LogP contribution in [0, 0.1) is 0 Å². The summed E-state index contributed by atoms with van der Waals surface area (Å²) in [5, 5.41) is 13.5. The maximum Gasteiger partial charge on any atom is 0.272 e. The van der Waals surface area contributed by atoms with Crippen LogP contribution < -0.4 is 20.1 Å². The van der Waals surface area contributed by atoms with E-state index in [0.29, 0.717) is 30.3 Å². The van der Waals surface area contributed by atoms with E-state index in [1.165, 1.54) is 0 Å². The standard InChI is InChI=1S/C19H26N4O3.ClH/c1-19(2,12-5-6-15(25-3)16(9-12)26-4)11-21-18(24)17-13-10-20-8-7-14(13)22-23-17;/h5-6,9,20H,7-8,10-11H2,1-4H3,(H,21,24)(H,22,23);1H. The Labute approximate surface area is 165 Å². The summed E-state index contributed by atoms with van der Waals surface area (Å²) in [6.07, 6.45) is 0.868. The third kappa shape index (κ3) is 4.36. The number of aromatic amines is 1. The normalized spacial score (nSPS) is 13.3. The number of nitrogens with one attached hydrogen (secondary N) is 3. The Kier molecular flexibility index (Phi) is 6.73. The first kappa shape index (κ1) is 21.1. The fraction of sp³-hybridized carbons (Fsp3) is 0.474. The van der Waals surface area contributed by atoms with Gasteiger partial charge in [-0.25, -0.2) is 0 Å². The van der Waals surface area contributed by atoms with E-state index in [4.69, 9.17) is 9.47 Å². The van der Waals surface area contributed by atoms with Crippen molar-refractivity contribution in [2.75, 3.05) is 27.3 Å². The van der Waals surface area contributed by atoms with Gasteiger partial charge in [0.25, 0.3) is 5.91 Å². The molecule has 0 aliphatic carbocycles. The van der Waals surface area contributed by atoms with Crippen molar-refractivity contribution in [1.82, 2.24) is 20.8 Å². The van der Waals surface area contributed by atoms with Gasteiger partial charge < -0.3 is 20.1 Å². The number of fused-ring (bicyclic) bond motifs is 1. The molecule has 7 nitrogen and oxygen atoms in total. The molecule has 0 saturated heterocycles. The fourth-order valence-electron chi connectivity index (χ4n) is 3.16. The highest BCUT2D eigenvalue weighted by molar-refractivity contribution is 5.94. The minimum Gasteiger partial charge on any atom is -0.493 e. The van der Waals surface area contributed by atoms with Gasteiger partial charge in [-0.3, -0.25) is 9.89 Å². The Morgan fingerprint density at radius 1 is 1.26 bits per heavy atom. The zero-order valence-corrected chi connectivity index (χ0v) is 17.0. The predicted molar refractivity (Wildman–Crippen MR) is 106 cm³/mol. The molecule has 148 valence electrons. The van der Waals surface area contributed by atoms with E-state index in [9.17, 15) is 4.79 Å². The molecule has 1 aliphatic heterocycles. The molecule has 1 aromatic carbocycles. The van der Waals surface area contributed by atoms with Gasteiger partial charge in [0.2, 0.25) is 0 Å². The number of amides is 1. The average Bonchev–Trinajstić information content (AvgIpc) is 3.09. The SMILES string of the molecule is COc1ccc(C(C)(C)CNC(=O)c2n[nH]c3c2CNCC3)cc1OC.Cl. The van der Waals surface area contributed by atoms with E-state index in [-0.39, 0.29) is 23.7 Å². The molecule has 8 heteroatoms. The van der Waals surface area contributed by atoms with Gasteiger partial charge in [0, 0.05) is 42.7 Å². The van der Waals surface area contributed by atoms with Crippen LogP contribution in [0.15, 0.2) is 18.2 Å². The van der Waals surface area contributed by atoms with Gasteiger partial charge in [0.05, 0.1) is 14.2 Å². The van der Waals surface area contributed by atoms with Crippen LogP contribution in [0.25, 0.3) is 0 Å². The van der Waals surface area contributed by atoms with Crippen LogP contribution >= 0.6 is 12.4 Å². The monoisotopic (exact) mass is 394 g/mol. The van der Waals surface area contributed by atoms with Crippen molar-refractivity contribution < 1.29 is 14.3 Å². The van der Waals surface area contributed by atoms with Gasteiger partial charge in [-0.15, -0.1) is 12.4 Å². The zero-order chi connectivity index (χ0) is 18.7. The number of carbonyl (C=O) groups excluding carboxylic acids is 1. The molecule has 0 saturated carbocycles. The lowest BCUT2D eigenvalue weighted by Gasteiger charge is -2.26. The van der Waals surface area contributed by atoms with Crippen LogP contribution in [0.3, 0.4) is 0 Å². The van der Waals surface area contributed by atoms with Gasteiger partial charge in [-0.05, 0) is 17.7 Å². The molecule has 0 spiro atoms. The Bertz CT molecular complexity index is 804. The third-order valence-corrected chi connectivity index (χ3v) is 4.88. The second kappa shape index (κ2) is 8.63. The lowest BCUT2D eigenvalue weighted by molar-refractivity contribution is 0.0939. The third-order valence-electron chi connectivity index (χ3n) is 4.88. The van der Waals surface area contributed by atoms with Gasteiger partial charge >= 0.3 is 0 Å². The molecular weight excluding hydrogens is 368 g/mol. The van der Waals surface area contributed by atoms with E-state index in [0.717, 1.165) is 29.8 Å². The first-order valence-electron chi connectivity index (χ1n) is 8.74. The molecule has 1 aliphatic rings. The molecule has 0 radical (unpaired) electrons. The predicted octanol–water partition coefficient (Wildman–Crippen LogP) is 2.20. The minimum absolute atomic E-state index is 0. The molecule has 2 aromatic rings. The number of aromatic nitrogens is 2. The summed E-state index contributed by atoms with van der Waals surface area (Å²) in [7, 11) is 3.23. The highest BCUT2D eigenvalue weighted by Gasteiger charge is 2.26. The van der Waals surface area contributed by atoms with E-state index in [2.05, 4.69) is 34.7 Å². The van der Waals surface area contributed by atoms with Crippen LogP contribution in [0.5, 0.6) is 11.5 Å². The van der Waals surface area contributed by atoms with Crippen LogP contribution in [-0.4, -0.2) is 43.4 Å². The zero-order valence-electron chi connectivity index (χ0n) is 16.1. The van der Waals surface area contributed by atoms with Gasteiger partial charge in [-0.2, -0.15) is 5.10 Å². The molecule has 1 aromatic heterocycles. The summed E-state index contributed by atoms with van der Waals surface area (Å²) in [6, 6.07) is 5.83. The van der Waals surface area contributed by atoms with E-state index >= 15 is 0 Å². The summed E-state index contributed by atoms with van der Waals surface area (Å²) in [5.74, 6) is 1.21. The second-order valence-electron chi connectivity index (χ2n) is 7.09. The van der Waals surface area contributed by atoms with Crippen molar-refractivity contribution in [1.29, 1.82) is 0 Å². The number of hydrogen-bond acceptors (Lipinski definition) is 5. The Morgan fingerprint density at radius 3 is 2.70 bits per heavy atom. The van der Waals surface area contributed by atoms with Gasteiger partial charge in [0.1, 0.15) is 0 Å². The molecule has 0 fully saturated rings. The van der Waals surface area contributed by atoms with Crippen molar-refractivity contribution in [3.05, 3.63) is 40.7 Å². The molecule has 3 rings (SSSR count). The van der Waals surface area contributed by atoms with E-state index in [1.807, 2.05) is 18.2 Å². The highest BCUT2D eigenvalue weighted by atomic mass is 35.5. The molecule has 0 bridgehead atoms. The quantitative estimate of drug-likeness (QED) is 0.699. The van der Waals surface area contributed by atoms with E-state index < -0.39 is 0 Å². The number of rotatable bonds is 6. The minimum atomic E-state index is -0.274. The summed E-state index contributed by atoms with van der Waals surface area (Å²) < 4.78 is 10.7. The maximum atomic E-state index is 12.6. The molecule has 27 heavy (non-hydrogen) atoms. The van der Waals surface area contributed by atoms with Crippen LogP contribution in [0.1, 0.15) is 41.2 Å². The smallest absolute Gasteiger partial charge is 0.272 e. The fourth-order valence-corrected chi connectivity index (χ4v) is 3.16. The number of carbonyl (C=O) groups is 1. The molecule has 1 amide bonds. The molecule has 2 heterocycles. The summed E-state index contributed by atoms with van der Waals surface area (Å²) in [5.41, 5.74) is 3.28. The van der Waals surface area contributed by atoms with Crippen molar-refractivity contribution in [2.45, 2.75) is 32.2 Å². The topological polar surface area (TPSA) is 88.3 Å². The molecule has 0 atom stereocenters. The van der Waals surface area contributed by atoms with Gasteiger partial charge in [-0.1, -0.05) is 19.9 Å². The van der Waals surface area contributed by atoms with Crippen LogP contribution in [0.2, 0.25) is 0 Å². The number of halogens is 1. The largest absolute Gasteiger partial charge is 0.493 e. The number of benzene rings is 1. The summed E-state index contributed by atoms with van der Waals surface area (Å²) >= 11 is 0. The summed E-state index contributed by atoms with van der Waals surface area (Å²) in [4.78, 5) is 12.6. The lowest BCUT2D eigenvalue weighted by Crippen LogP contribution is -2.37. The van der Waals surface area contributed by atoms with E-state index in [1.54, 1.807) is 14.2 Å². The number of ether oxygens (including phenoxy) is 2. The van der Waals surface area contributed by atoms with Crippen molar-refractivity contribution >= 4 is 18.3 Å². The Hall–Kier alpha value is -2.25. The first-order valence-corrected chi connectivity index (χ1v) is 8.74. The Balaban J connectivity index is 0.00000261. The average molecular weight is 395 g/mol. The number of hydrogen-bond donors (Lipinski definition) is 3. The van der Waals surface area contributed by atoms with Crippen molar-refractivity contribution in [3.8, 4) is 11.5 Å². The molecular formula is C19H27ClN4O3. The number of H-pyrrole nitrogens is 1. The second-order valence-corrected chi connectivity index (χ2v) is 7.09. The number of methoxy groups -OCH3 is 2. The number of nitrogens with zero attached hydrogens (tertiary/aromatic N) is 1. The van der Waals surface area contributed by atoms with Gasteiger partial charge in [0.15, 0.2) is 17.2 Å². The summed E-state index contributed by atoms with van der Waals surface area (Å²) in [6.45, 7) is 6.22. The highest BCUT2D eigenvalue weighted by Crippen LogP contribution is 2.33. The van der Waals surface area contributed by atoms with Crippen LogP contribution in [0.4, 0.5) is 0 Å².